The molecule has 0 amide bonds. The number of methoxy groups -OCH3 is 1. The second-order valence-corrected chi connectivity index (χ2v) is 6.36. The molecule has 0 saturated carbocycles. The first-order chi connectivity index (χ1) is 12.1. The SMILES string of the molecule is COc1ccc(OC[C@@H](O)Cn2c(C(C)C)nc3ccccc32)cc1. The Morgan fingerprint density at radius 2 is 1.72 bits per heavy atom. The summed E-state index contributed by atoms with van der Waals surface area (Å²) in [6, 6.07) is 15.3. The van der Waals surface area contributed by atoms with E-state index in [4.69, 9.17) is 14.5 Å². The summed E-state index contributed by atoms with van der Waals surface area (Å²) in [5, 5.41) is 10.5. The summed E-state index contributed by atoms with van der Waals surface area (Å²) in [5.41, 5.74) is 1.99. The van der Waals surface area contributed by atoms with Gasteiger partial charge >= 0.3 is 0 Å². The summed E-state index contributed by atoms with van der Waals surface area (Å²) in [7, 11) is 1.63. The fourth-order valence-corrected chi connectivity index (χ4v) is 2.85. The van der Waals surface area contributed by atoms with Crippen LogP contribution in [0.3, 0.4) is 0 Å². The zero-order chi connectivity index (χ0) is 17.8. The lowest BCUT2D eigenvalue weighted by Crippen LogP contribution is -2.24. The van der Waals surface area contributed by atoms with Gasteiger partial charge in [0.05, 0.1) is 24.7 Å². The van der Waals surface area contributed by atoms with Gasteiger partial charge in [-0.3, -0.25) is 0 Å². The Bertz CT molecular complexity index is 825. The normalized spacial score (nSPS) is 12.5. The highest BCUT2D eigenvalue weighted by molar-refractivity contribution is 5.76. The summed E-state index contributed by atoms with van der Waals surface area (Å²) >= 11 is 0. The minimum atomic E-state index is -0.628. The quantitative estimate of drug-likeness (QED) is 0.714. The number of hydrogen-bond donors (Lipinski definition) is 1. The van der Waals surface area contributed by atoms with Crippen molar-refractivity contribution >= 4 is 11.0 Å². The van der Waals surface area contributed by atoms with Gasteiger partial charge in [-0.05, 0) is 36.4 Å². The number of imidazole rings is 1. The van der Waals surface area contributed by atoms with Crippen LogP contribution in [0.5, 0.6) is 11.5 Å². The number of aliphatic hydroxyl groups excluding tert-OH is 1. The van der Waals surface area contributed by atoms with Crippen LogP contribution in [-0.2, 0) is 6.54 Å². The third-order valence-electron chi connectivity index (χ3n) is 4.10. The van der Waals surface area contributed by atoms with Gasteiger partial charge < -0.3 is 19.1 Å². The van der Waals surface area contributed by atoms with Crippen molar-refractivity contribution in [2.75, 3.05) is 13.7 Å². The van der Waals surface area contributed by atoms with E-state index in [-0.39, 0.29) is 12.5 Å². The number of hydrogen-bond acceptors (Lipinski definition) is 4. The lowest BCUT2D eigenvalue weighted by Gasteiger charge is -2.17. The van der Waals surface area contributed by atoms with Crippen LogP contribution in [0.1, 0.15) is 25.6 Å². The van der Waals surface area contributed by atoms with Crippen molar-refractivity contribution in [1.82, 2.24) is 9.55 Å². The maximum Gasteiger partial charge on any atom is 0.119 e. The predicted molar refractivity (Wildman–Crippen MR) is 98.3 cm³/mol. The lowest BCUT2D eigenvalue weighted by molar-refractivity contribution is 0.0925. The molecule has 0 unspecified atom stereocenters. The van der Waals surface area contributed by atoms with Gasteiger partial charge in [-0.1, -0.05) is 26.0 Å². The van der Waals surface area contributed by atoms with Crippen molar-refractivity contribution in [3.63, 3.8) is 0 Å². The van der Waals surface area contributed by atoms with Crippen LogP contribution in [0, 0.1) is 0 Å². The van der Waals surface area contributed by atoms with Gasteiger partial charge in [-0.25, -0.2) is 4.98 Å². The largest absolute Gasteiger partial charge is 0.497 e. The topological polar surface area (TPSA) is 56.5 Å². The highest BCUT2D eigenvalue weighted by Gasteiger charge is 2.16. The third kappa shape index (κ3) is 3.94. The predicted octanol–water partition coefficient (Wildman–Crippen LogP) is 3.61. The Morgan fingerprint density at radius 1 is 1.04 bits per heavy atom. The van der Waals surface area contributed by atoms with E-state index in [1.54, 1.807) is 7.11 Å². The second kappa shape index (κ2) is 7.57. The number of fused-ring (bicyclic) bond motifs is 1. The van der Waals surface area contributed by atoms with Crippen LogP contribution in [-0.4, -0.2) is 34.5 Å². The first-order valence-corrected chi connectivity index (χ1v) is 8.48. The van der Waals surface area contributed by atoms with Crippen LogP contribution in [0.2, 0.25) is 0 Å². The number of nitrogens with zero attached hydrogens (tertiary/aromatic N) is 2. The Morgan fingerprint density at radius 3 is 2.40 bits per heavy atom. The number of rotatable bonds is 7. The maximum absolute atomic E-state index is 10.5. The summed E-state index contributed by atoms with van der Waals surface area (Å²) < 4.78 is 12.9. The average Bonchev–Trinajstić information content (AvgIpc) is 2.99. The van der Waals surface area contributed by atoms with Crippen molar-refractivity contribution in [2.45, 2.75) is 32.4 Å². The molecule has 25 heavy (non-hydrogen) atoms. The summed E-state index contributed by atoms with van der Waals surface area (Å²) in [5.74, 6) is 2.74. The maximum atomic E-state index is 10.5. The van der Waals surface area contributed by atoms with E-state index in [9.17, 15) is 5.11 Å². The average molecular weight is 340 g/mol. The molecule has 3 rings (SSSR count). The van der Waals surface area contributed by atoms with Gasteiger partial charge in [0.15, 0.2) is 0 Å². The summed E-state index contributed by atoms with van der Waals surface area (Å²) in [4.78, 5) is 4.70. The van der Waals surface area contributed by atoms with E-state index in [1.165, 1.54) is 0 Å². The highest BCUT2D eigenvalue weighted by Crippen LogP contribution is 2.22. The Kier molecular flexibility index (Phi) is 5.24. The van der Waals surface area contributed by atoms with E-state index in [1.807, 2.05) is 48.5 Å². The molecular formula is C20H24N2O3. The molecule has 1 heterocycles. The van der Waals surface area contributed by atoms with Crippen molar-refractivity contribution in [1.29, 1.82) is 0 Å². The van der Waals surface area contributed by atoms with E-state index >= 15 is 0 Å². The fourth-order valence-electron chi connectivity index (χ4n) is 2.85. The zero-order valence-corrected chi connectivity index (χ0v) is 14.8. The van der Waals surface area contributed by atoms with E-state index in [2.05, 4.69) is 18.4 Å². The number of aliphatic hydroxyl groups is 1. The third-order valence-corrected chi connectivity index (χ3v) is 4.10. The molecule has 0 fully saturated rings. The number of para-hydroxylation sites is 2. The number of benzene rings is 2. The molecule has 0 radical (unpaired) electrons. The van der Waals surface area contributed by atoms with Crippen molar-refractivity contribution in [2.24, 2.45) is 0 Å². The van der Waals surface area contributed by atoms with Crippen molar-refractivity contribution < 1.29 is 14.6 Å². The smallest absolute Gasteiger partial charge is 0.119 e. The Balaban J connectivity index is 1.70. The molecule has 0 saturated heterocycles. The first-order valence-electron chi connectivity index (χ1n) is 8.48. The molecule has 0 aliphatic rings. The van der Waals surface area contributed by atoms with Gasteiger partial charge in [0.25, 0.3) is 0 Å². The van der Waals surface area contributed by atoms with Crippen molar-refractivity contribution in [3.05, 3.63) is 54.4 Å². The highest BCUT2D eigenvalue weighted by atomic mass is 16.5. The van der Waals surface area contributed by atoms with E-state index < -0.39 is 6.10 Å². The molecule has 0 spiro atoms. The van der Waals surface area contributed by atoms with Crippen molar-refractivity contribution in [3.8, 4) is 11.5 Å². The van der Waals surface area contributed by atoms with E-state index in [0.29, 0.717) is 12.3 Å². The molecule has 1 N–H and O–H groups in total. The minimum Gasteiger partial charge on any atom is -0.497 e. The first kappa shape index (κ1) is 17.3. The van der Waals surface area contributed by atoms with Gasteiger partial charge in [-0.2, -0.15) is 0 Å². The Hall–Kier alpha value is -2.53. The van der Waals surface area contributed by atoms with Crippen LogP contribution in [0.25, 0.3) is 11.0 Å². The van der Waals surface area contributed by atoms with Gasteiger partial charge in [0.2, 0.25) is 0 Å². The van der Waals surface area contributed by atoms with Crippen LogP contribution in [0.15, 0.2) is 48.5 Å². The lowest BCUT2D eigenvalue weighted by atomic mass is 10.2. The molecule has 0 aliphatic heterocycles. The molecular weight excluding hydrogens is 316 g/mol. The number of ether oxygens (including phenoxy) is 2. The molecule has 3 aromatic rings. The molecule has 1 atom stereocenters. The van der Waals surface area contributed by atoms with Crippen LogP contribution < -0.4 is 9.47 Å². The molecule has 2 aromatic carbocycles. The van der Waals surface area contributed by atoms with Gasteiger partial charge in [-0.15, -0.1) is 0 Å². The van der Waals surface area contributed by atoms with Crippen LogP contribution in [0.4, 0.5) is 0 Å². The fraction of sp³-hybridized carbons (Fsp3) is 0.350. The number of aromatic nitrogens is 2. The molecule has 0 aliphatic carbocycles. The molecule has 132 valence electrons. The standard InChI is InChI=1S/C20H24N2O3/c1-14(2)20-21-18-6-4-5-7-19(18)22(20)12-15(23)13-25-17-10-8-16(24-3)9-11-17/h4-11,14-15,23H,12-13H2,1-3H3/t15-/m0/s1. The molecule has 1 aromatic heterocycles. The van der Waals surface area contributed by atoms with Crippen LogP contribution >= 0.6 is 0 Å². The molecule has 5 heteroatoms. The molecule has 5 nitrogen and oxygen atoms in total. The Labute approximate surface area is 147 Å². The molecule has 0 bridgehead atoms. The second-order valence-electron chi connectivity index (χ2n) is 6.36. The van der Waals surface area contributed by atoms with E-state index in [0.717, 1.165) is 22.6 Å². The summed E-state index contributed by atoms with van der Waals surface area (Å²) in [6.07, 6.45) is -0.628. The monoisotopic (exact) mass is 340 g/mol. The summed E-state index contributed by atoms with van der Waals surface area (Å²) in [6.45, 7) is 4.89. The zero-order valence-electron chi connectivity index (χ0n) is 14.8. The minimum absolute atomic E-state index is 0.219. The van der Waals surface area contributed by atoms with Gasteiger partial charge in [0.1, 0.15) is 30.0 Å². The van der Waals surface area contributed by atoms with Gasteiger partial charge in [0, 0.05) is 5.92 Å².